The molecule has 212 valence electrons. The molecule has 5 rings (SSSR count). The van der Waals surface area contributed by atoms with E-state index in [1.54, 1.807) is 19.9 Å². The summed E-state index contributed by atoms with van der Waals surface area (Å²) in [6, 6.07) is 14.7. The summed E-state index contributed by atoms with van der Waals surface area (Å²) in [5.41, 5.74) is 7.91. The predicted molar refractivity (Wildman–Crippen MR) is 150 cm³/mol. The largest absolute Gasteiger partial charge is 0.465 e. The van der Waals surface area contributed by atoms with Crippen molar-refractivity contribution in [1.29, 1.82) is 0 Å². The normalized spacial score (nSPS) is 20.6. The highest BCUT2D eigenvalue weighted by molar-refractivity contribution is 7.10. The van der Waals surface area contributed by atoms with E-state index < -0.39 is 47.1 Å². The molecule has 0 radical (unpaired) electrons. The van der Waals surface area contributed by atoms with Crippen molar-refractivity contribution < 1.29 is 32.6 Å². The second-order valence-corrected chi connectivity index (χ2v) is 10.6. The van der Waals surface area contributed by atoms with Crippen LogP contribution in [0.15, 0.2) is 88.7 Å². The van der Waals surface area contributed by atoms with Gasteiger partial charge in [-0.3, -0.25) is 14.5 Å². The fourth-order valence-electron chi connectivity index (χ4n) is 5.61. The van der Waals surface area contributed by atoms with E-state index in [-0.39, 0.29) is 36.6 Å². The zero-order chi connectivity index (χ0) is 29.3. The first kappa shape index (κ1) is 28.2. The fourth-order valence-corrected chi connectivity index (χ4v) is 6.47. The molecule has 0 fully saturated rings. The number of thiophene rings is 1. The highest BCUT2D eigenvalue weighted by Crippen LogP contribution is 2.52. The number of nitrogens with two attached hydrogens (primary N) is 1. The summed E-state index contributed by atoms with van der Waals surface area (Å²) in [6.45, 7) is 3.39. The molecule has 0 spiro atoms. The molecule has 2 aliphatic rings. The number of hydrogen-bond acceptors (Lipinski definition) is 8. The molecule has 1 aliphatic carbocycles. The number of esters is 2. The van der Waals surface area contributed by atoms with Crippen LogP contribution in [0.3, 0.4) is 0 Å². The first-order chi connectivity index (χ1) is 19.8. The summed E-state index contributed by atoms with van der Waals surface area (Å²) in [4.78, 5) is 43.7. The van der Waals surface area contributed by atoms with Crippen molar-refractivity contribution in [2.45, 2.75) is 32.1 Å². The van der Waals surface area contributed by atoms with Gasteiger partial charge >= 0.3 is 11.9 Å². The van der Waals surface area contributed by atoms with Gasteiger partial charge in [0.2, 0.25) is 0 Å². The van der Waals surface area contributed by atoms with Crippen LogP contribution in [-0.2, 0) is 23.9 Å². The van der Waals surface area contributed by atoms with Crippen LogP contribution in [-0.4, -0.2) is 30.9 Å². The Labute approximate surface area is 239 Å². The van der Waals surface area contributed by atoms with Crippen LogP contribution < -0.4 is 10.6 Å². The zero-order valence-electron chi connectivity index (χ0n) is 22.4. The topological polar surface area (TPSA) is 98.9 Å². The van der Waals surface area contributed by atoms with E-state index in [9.17, 15) is 23.2 Å². The number of ether oxygens (including phenoxy) is 2. The van der Waals surface area contributed by atoms with Gasteiger partial charge in [-0.1, -0.05) is 24.3 Å². The lowest BCUT2D eigenvalue weighted by atomic mass is 9.68. The van der Waals surface area contributed by atoms with Gasteiger partial charge in [-0.25, -0.2) is 13.6 Å². The average molecular weight is 579 g/mol. The Morgan fingerprint density at radius 3 is 2.37 bits per heavy atom. The van der Waals surface area contributed by atoms with Crippen molar-refractivity contribution in [1.82, 2.24) is 0 Å². The Morgan fingerprint density at radius 2 is 1.73 bits per heavy atom. The molecule has 3 aromatic rings. The second kappa shape index (κ2) is 11.7. The summed E-state index contributed by atoms with van der Waals surface area (Å²) < 4.78 is 39.2. The van der Waals surface area contributed by atoms with Crippen LogP contribution in [0.5, 0.6) is 0 Å². The average Bonchev–Trinajstić information content (AvgIpc) is 3.48. The van der Waals surface area contributed by atoms with E-state index in [2.05, 4.69) is 0 Å². The molecule has 2 N–H and O–H groups in total. The maximum absolute atomic E-state index is 14.6. The number of ketones is 1. The monoisotopic (exact) mass is 578 g/mol. The summed E-state index contributed by atoms with van der Waals surface area (Å²) in [5.74, 6) is -5.98. The number of halogens is 2. The molecule has 10 heteroatoms. The van der Waals surface area contributed by atoms with Crippen molar-refractivity contribution in [2.75, 3.05) is 18.1 Å². The van der Waals surface area contributed by atoms with Crippen molar-refractivity contribution in [3.05, 3.63) is 111 Å². The lowest BCUT2D eigenvalue weighted by Gasteiger charge is -2.43. The number of rotatable bonds is 7. The number of anilines is 1. The molecule has 0 unspecified atom stereocenters. The molecule has 0 bridgehead atoms. The Hall–Kier alpha value is -4.31. The number of carbonyl (C=O) groups excluding carboxylic acids is 3. The van der Waals surface area contributed by atoms with Gasteiger partial charge < -0.3 is 15.2 Å². The molecule has 1 aromatic heterocycles. The van der Waals surface area contributed by atoms with E-state index in [0.29, 0.717) is 16.9 Å². The number of carbonyl (C=O) groups is 3. The van der Waals surface area contributed by atoms with E-state index >= 15 is 0 Å². The lowest BCUT2D eigenvalue weighted by molar-refractivity contribution is -0.152. The van der Waals surface area contributed by atoms with Crippen LogP contribution in [0, 0.1) is 17.6 Å². The molecule has 1 aliphatic heterocycles. The van der Waals surface area contributed by atoms with Gasteiger partial charge in [0.1, 0.15) is 23.4 Å². The summed E-state index contributed by atoms with van der Waals surface area (Å²) in [7, 11) is 0. The van der Waals surface area contributed by atoms with E-state index in [4.69, 9.17) is 15.2 Å². The Balaban J connectivity index is 1.82. The maximum Gasteiger partial charge on any atom is 0.338 e. The number of benzene rings is 2. The highest BCUT2D eigenvalue weighted by Gasteiger charge is 2.51. The zero-order valence-corrected chi connectivity index (χ0v) is 23.3. The Morgan fingerprint density at radius 1 is 1.00 bits per heavy atom. The Kier molecular flexibility index (Phi) is 8.03. The van der Waals surface area contributed by atoms with Crippen molar-refractivity contribution >= 4 is 34.7 Å². The first-order valence-electron chi connectivity index (χ1n) is 13.2. The molecule has 41 heavy (non-hydrogen) atoms. The third kappa shape index (κ3) is 5.15. The highest BCUT2D eigenvalue weighted by atomic mass is 32.1. The lowest BCUT2D eigenvalue weighted by Crippen LogP contribution is -2.46. The van der Waals surface area contributed by atoms with Gasteiger partial charge in [0.15, 0.2) is 5.78 Å². The summed E-state index contributed by atoms with van der Waals surface area (Å²) in [6.07, 6.45) is 0.163. The summed E-state index contributed by atoms with van der Waals surface area (Å²) >= 11 is 1.40. The first-order valence-corrected chi connectivity index (χ1v) is 14.1. The number of nitrogens with zero attached hydrogens (tertiary/aromatic N) is 1. The minimum atomic E-state index is -1.20. The Bertz CT molecular complexity index is 1550. The molecule has 7 nitrogen and oxygen atoms in total. The maximum atomic E-state index is 14.6. The summed E-state index contributed by atoms with van der Waals surface area (Å²) in [5, 5.41) is 1.85. The van der Waals surface area contributed by atoms with Crippen LogP contribution in [0.25, 0.3) is 0 Å². The molecule has 0 saturated heterocycles. The van der Waals surface area contributed by atoms with Gasteiger partial charge in [0, 0.05) is 22.1 Å². The molecular formula is C31H28F2N2O5S. The van der Waals surface area contributed by atoms with Crippen LogP contribution in [0.1, 0.15) is 42.5 Å². The quantitative estimate of drug-likeness (QED) is 0.290. The van der Waals surface area contributed by atoms with Crippen molar-refractivity contribution in [3.8, 4) is 0 Å². The number of hydrogen-bond donors (Lipinski definition) is 1. The third-order valence-electron chi connectivity index (χ3n) is 7.25. The third-order valence-corrected chi connectivity index (χ3v) is 8.26. The fraction of sp³-hybridized carbons (Fsp3) is 0.258. The standard InChI is InChI=1S/C31H28F2N2O5S/c1-3-39-30(37)25-21(23-9-6-14-41-23)16-22-26(28(25)36)24(17-10-12-18(32)13-11-17)27(31(38)40-4-2)29(34)35(22)20-8-5-7-19(33)15-20/h5-15,21,24-25H,3-4,16,34H2,1-2H3/t21-,24-,25+/m0/s1. The van der Waals surface area contributed by atoms with Gasteiger partial charge in [0.25, 0.3) is 0 Å². The minimum Gasteiger partial charge on any atom is -0.465 e. The van der Waals surface area contributed by atoms with Crippen LogP contribution >= 0.6 is 11.3 Å². The van der Waals surface area contributed by atoms with Crippen LogP contribution in [0.2, 0.25) is 0 Å². The minimum absolute atomic E-state index is 0.0253. The SMILES string of the molecule is CCOC(=O)C1=C(N)N(c2cccc(F)c2)C2=C(C(=O)[C@H](C(=O)OCC)[C@H](c3cccs3)C2)[C@@H]1c1ccc(F)cc1. The van der Waals surface area contributed by atoms with Gasteiger partial charge in [-0.2, -0.15) is 0 Å². The van der Waals surface area contributed by atoms with E-state index in [1.165, 1.54) is 58.7 Å². The molecule has 0 amide bonds. The number of allylic oxidation sites excluding steroid dienone is 2. The second-order valence-electron chi connectivity index (χ2n) is 9.60. The molecule has 2 heterocycles. The van der Waals surface area contributed by atoms with Crippen LogP contribution in [0.4, 0.5) is 14.5 Å². The molecule has 3 atom stereocenters. The van der Waals surface area contributed by atoms with Gasteiger partial charge in [-0.15, -0.1) is 11.3 Å². The smallest absolute Gasteiger partial charge is 0.338 e. The van der Waals surface area contributed by atoms with E-state index in [0.717, 1.165) is 4.88 Å². The number of Topliss-reactive ketones (excluding diaryl/α,β-unsaturated/α-hetero) is 1. The van der Waals surface area contributed by atoms with Crippen molar-refractivity contribution in [2.24, 2.45) is 11.7 Å². The molecular weight excluding hydrogens is 550 g/mol. The molecule has 0 saturated carbocycles. The van der Waals surface area contributed by atoms with Gasteiger partial charge in [0.05, 0.1) is 30.4 Å². The van der Waals surface area contributed by atoms with E-state index in [1.807, 2.05) is 17.5 Å². The predicted octanol–water partition coefficient (Wildman–Crippen LogP) is 5.55. The van der Waals surface area contributed by atoms with Crippen molar-refractivity contribution in [3.63, 3.8) is 0 Å². The van der Waals surface area contributed by atoms with Gasteiger partial charge in [-0.05, 0) is 67.6 Å². The molecule has 2 aromatic carbocycles.